The molecule has 2 aliphatic rings. The Hall–Kier alpha value is -3.51. The maximum atomic E-state index is 12.5. The average molecular weight is 500 g/mol. The van der Waals surface area contributed by atoms with Gasteiger partial charge in [0.05, 0.1) is 24.2 Å². The number of benzene rings is 1. The molecule has 0 saturated carbocycles. The highest BCUT2D eigenvalue weighted by Crippen LogP contribution is 2.33. The van der Waals surface area contributed by atoms with Crippen molar-refractivity contribution in [2.24, 2.45) is 0 Å². The molecule has 3 N–H and O–H groups in total. The number of nitro groups is 1. The number of aromatic nitrogens is 2. The van der Waals surface area contributed by atoms with Crippen molar-refractivity contribution in [2.45, 2.75) is 45.3 Å². The lowest BCUT2D eigenvalue weighted by atomic mass is 10.1. The highest BCUT2D eigenvalue weighted by Gasteiger charge is 2.30. The first-order chi connectivity index (χ1) is 17.4. The number of nitrogens with zero attached hydrogens (tertiary/aromatic N) is 5. The quantitative estimate of drug-likeness (QED) is 0.266. The third-order valence-corrected chi connectivity index (χ3v) is 6.23. The van der Waals surface area contributed by atoms with E-state index < -0.39 is 16.6 Å². The van der Waals surface area contributed by atoms with Gasteiger partial charge in [-0.2, -0.15) is 9.97 Å². The van der Waals surface area contributed by atoms with Crippen LogP contribution in [-0.2, 0) is 27.4 Å². The molecule has 0 unspecified atom stereocenters. The van der Waals surface area contributed by atoms with E-state index in [0.717, 1.165) is 37.2 Å². The van der Waals surface area contributed by atoms with Crippen LogP contribution in [0.3, 0.4) is 0 Å². The summed E-state index contributed by atoms with van der Waals surface area (Å²) in [7, 11) is 0. The van der Waals surface area contributed by atoms with Crippen molar-refractivity contribution in [1.29, 1.82) is 0 Å². The van der Waals surface area contributed by atoms with Gasteiger partial charge in [0.15, 0.2) is 0 Å². The summed E-state index contributed by atoms with van der Waals surface area (Å²) in [6.07, 6.45) is 3.16. The van der Waals surface area contributed by atoms with Crippen molar-refractivity contribution >= 4 is 29.2 Å². The van der Waals surface area contributed by atoms with E-state index in [-0.39, 0.29) is 43.3 Å². The van der Waals surface area contributed by atoms with E-state index in [0.29, 0.717) is 13.2 Å². The van der Waals surface area contributed by atoms with E-state index in [2.05, 4.69) is 32.3 Å². The van der Waals surface area contributed by atoms with Gasteiger partial charge in [0.1, 0.15) is 6.54 Å². The fourth-order valence-electron chi connectivity index (χ4n) is 4.56. The fraction of sp³-hybridized carbons (Fsp3) is 0.542. The van der Waals surface area contributed by atoms with Gasteiger partial charge < -0.3 is 25.4 Å². The molecule has 2 saturated heterocycles. The van der Waals surface area contributed by atoms with Crippen molar-refractivity contribution in [1.82, 2.24) is 14.9 Å². The lowest BCUT2D eigenvalue weighted by Gasteiger charge is -2.24. The van der Waals surface area contributed by atoms with Crippen LogP contribution in [0.4, 0.5) is 23.3 Å². The molecule has 36 heavy (non-hydrogen) atoms. The molecular formula is C24H33N7O5. The van der Waals surface area contributed by atoms with Gasteiger partial charge in [-0.05, 0) is 50.4 Å². The molecule has 2 fully saturated rings. The predicted molar refractivity (Wildman–Crippen MR) is 135 cm³/mol. The predicted octanol–water partition coefficient (Wildman–Crippen LogP) is 2.33. The largest absolute Gasteiger partial charge is 0.465 e. The number of esters is 1. The van der Waals surface area contributed by atoms with Gasteiger partial charge in [-0.25, -0.2) is 0 Å². The van der Waals surface area contributed by atoms with E-state index in [1.54, 1.807) is 6.92 Å². The normalized spacial score (nSPS) is 17.8. The summed E-state index contributed by atoms with van der Waals surface area (Å²) in [6, 6.07) is 7.98. The van der Waals surface area contributed by atoms with Crippen LogP contribution >= 0.6 is 0 Å². The number of hydrogen-bond acceptors (Lipinski definition) is 11. The lowest BCUT2D eigenvalue weighted by Crippen LogP contribution is -2.33. The molecule has 3 heterocycles. The van der Waals surface area contributed by atoms with Crippen LogP contribution in [0.2, 0.25) is 0 Å². The fourth-order valence-corrected chi connectivity index (χ4v) is 4.56. The molecule has 1 aromatic heterocycles. The monoisotopic (exact) mass is 499 g/mol. The van der Waals surface area contributed by atoms with Crippen LogP contribution in [0.15, 0.2) is 24.3 Å². The van der Waals surface area contributed by atoms with Crippen LogP contribution < -0.4 is 16.0 Å². The first kappa shape index (κ1) is 25.6. The Morgan fingerprint density at radius 1 is 1.33 bits per heavy atom. The number of carbonyl (C=O) groups excluding carboxylic acids is 1. The summed E-state index contributed by atoms with van der Waals surface area (Å²) >= 11 is 0. The molecule has 2 aromatic rings. The summed E-state index contributed by atoms with van der Waals surface area (Å²) < 4.78 is 10.5. The van der Waals surface area contributed by atoms with Crippen molar-refractivity contribution in [3.05, 3.63) is 45.5 Å². The zero-order valence-corrected chi connectivity index (χ0v) is 20.5. The summed E-state index contributed by atoms with van der Waals surface area (Å²) in [5.74, 6) is -0.675. The minimum Gasteiger partial charge on any atom is -0.465 e. The number of nitrogen functional groups attached to an aromatic ring is 1. The van der Waals surface area contributed by atoms with Gasteiger partial charge in [0.2, 0.25) is 17.6 Å². The van der Waals surface area contributed by atoms with E-state index >= 15 is 0 Å². The molecule has 4 rings (SSSR count). The zero-order valence-electron chi connectivity index (χ0n) is 20.5. The molecular weight excluding hydrogens is 466 g/mol. The molecule has 12 heteroatoms. The number of nitrogens with one attached hydrogen (secondary N) is 1. The number of likely N-dealkylation sites (tertiary alicyclic amines) is 1. The maximum absolute atomic E-state index is 12.5. The highest BCUT2D eigenvalue weighted by atomic mass is 16.6. The number of carbonyl (C=O) groups is 1. The molecule has 1 atom stereocenters. The van der Waals surface area contributed by atoms with Crippen LogP contribution in [0.5, 0.6) is 0 Å². The van der Waals surface area contributed by atoms with E-state index in [4.69, 9.17) is 15.2 Å². The van der Waals surface area contributed by atoms with Gasteiger partial charge in [-0.15, -0.1) is 0 Å². The molecule has 0 amide bonds. The second-order valence-corrected chi connectivity index (χ2v) is 9.03. The summed E-state index contributed by atoms with van der Waals surface area (Å²) in [4.78, 5) is 36.3. The number of nitrogens with two attached hydrogens (primary N) is 1. The number of anilines is 3. The second-order valence-electron chi connectivity index (χ2n) is 9.03. The molecule has 12 nitrogen and oxygen atoms in total. The minimum atomic E-state index is -0.616. The number of ether oxygens (including phenoxy) is 2. The molecule has 2 aliphatic heterocycles. The maximum Gasteiger partial charge on any atom is 0.353 e. The second kappa shape index (κ2) is 12.0. The Morgan fingerprint density at radius 2 is 2.11 bits per heavy atom. The van der Waals surface area contributed by atoms with Crippen molar-refractivity contribution in [3.8, 4) is 0 Å². The van der Waals surface area contributed by atoms with E-state index in [9.17, 15) is 14.9 Å². The number of hydrogen-bond donors (Lipinski definition) is 2. The zero-order chi connectivity index (χ0) is 25.5. The lowest BCUT2D eigenvalue weighted by molar-refractivity contribution is -0.383. The Kier molecular flexibility index (Phi) is 8.49. The van der Waals surface area contributed by atoms with Gasteiger partial charge in [0, 0.05) is 19.7 Å². The van der Waals surface area contributed by atoms with E-state index in [1.807, 2.05) is 12.1 Å². The smallest absolute Gasteiger partial charge is 0.353 e. The topological polar surface area (TPSA) is 149 Å². The Bertz CT molecular complexity index is 1070. The highest BCUT2D eigenvalue weighted by molar-refractivity contribution is 5.79. The minimum absolute atomic E-state index is 0.0283. The molecule has 194 valence electrons. The summed E-state index contributed by atoms with van der Waals surface area (Å²) in [5, 5.41) is 15.1. The standard InChI is InChI=1S/C24H33N7O5/c1-2-36-20(32)15-30(14-18-7-5-6-17(12-18)13-29-9-3-4-10-29)23-21(31(33)34)22(25)27-24(28-23)26-19-8-11-35-16-19/h5-7,12,19H,2-4,8-11,13-16H2,1H3,(H3,25,26,27,28)/t19-/m1/s1. The van der Waals surface area contributed by atoms with Crippen LogP contribution in [0.25, 0.3) is 0 Å². The molecule has 0 spiro atoms. The first-order valence-electron chi connectivity index (χ1n) is 12.3. The van der Waals surface area contributed by atoms with Gasteiger partial charge in [0.25, 0.3) is 0 Å². The third kappa shape index (κ3) is 6.58. The van der Waals surface area contributed by atoms with Crippen LogP contribution in [-0.4, -0.2) is 71.3 Å². The Balaban J connectivity index is 1.65. The third-order valence-electron chi connectivity index (χ3n) is 6.23. The van der Waals surface area contributed by atoms with Crippen molar-refractivity contribution in [2.75, 3.05) is 55.4 Å². The molecule has 0 bridgehead atoms. The number of rotatable bonds is 11. The molecule has 1 aromatic carbocycles. The Labute approximate surface area is 209 Å². The SMILES string of the molecule is CCOC(=O)CN(Cc1cccc(CN2CCCC2)c1)c1nc(N[C@@H]2CCOC2)nc(N)c1[N+](=O)[O-]. The summed E-state index contributed by atoms with van der Waals surface area (Å²) in [5.41, 5.74) is 7.61. The molecule has 0 radical (unpaired) electrons. The van der Waals surface area contributed by atoms with Crippen LogP contribution in [0.1, 0.15) is 37.3 Å². The van der Waals surface area contributed by atoms with E-state index in [1.165, 1.54) is 17.7 Å². The average Bonchev–Trinajstić information content (AvgIpc) is 3.53. The van der Waals surface area contributed by atoms with Gasteiger partial charge in [-0.1, -0.05) is 24.3 Å². The van der Waals surface area contributed by atoms with Crippen molar-refractivity contribution in [3.63, 3.8) is 0 Å². The van der Waals surface area contributed by atoms with Crippen LogP contribution in [0, 0.1) is 10.1 Å². The first-order valence-corrected chi connectivity index (χ1v) is 12.3. The van der Waals surface area contributed by atoms with Gasteiger partial charge in [-0.3, -0.25) is 19.8 Å². The van der Waals surface area contributed by atoms with Gasteiger partial charge >= 0.3 is 11.7 Å². The molecule has 0 aliphatic carbocycles. The van der Waals surface area contributed by atoms with Crippen molar-refractivity contribution < 1.29 is 19.2 Å². The Morgan fingerprint density at radius 3 is 2.81 bits per heavy atom. The summed E-state index contributed by atoms with van der Waals surface area (Å²) in [6.45, 7) is 5.96.